The van der Waals surface area contributed by atoms with E-state index >= 15 is 0 Å². The number of carbonyl (C=O) groups is 5. The topological polar surface area (TPSA) is 152 Å². The fraction of sp³-hybridized carbons (Fsp3) is 0.452. The number of aliphatic hydroxyl groups is 1. The molecule has 11 nitrogen and oxygen atoms in total. The van der Waals surface area contributed by atoms with E-state index in [1.165, 1.54) is 26.8 Å². The summed E-state index contributed by atoms with van der Waals surface area (Å²) in [6.45, 7) is 15.0. The van der Waals surface area contributed by atoms with E-state index in [2.05, 4.69) is 6.58 Å². The first-order valence-electron chi connectivity index (χ1n) is 17.7. The van der Waals surface area contributed by atoms with Crippen LogP contribution in [0, 0.1) is 16.7 Å². The highest BCUT2D eigenvalue weighted by Gasteiger charge is 2.69. The third-order valence-corrected chi connectivity index (χ3v) is 11.2. The van der Waals surface area contributed by atoms with Gasteiger partial charge < -0.3 is 28.8 Å². The lowest BCUT2D eigenvalue weighted by Gasteiger charge is -2.53. The SMILES string of the molecule is C=C1[C@H]2C[C@]3(C(C)(C)O)C[C@@H](OC(C)=O)C(C)=C3[C@H](OC(=O)c3ccccc3)[C@@H](OC(C)=O)[C@]2(C)[C@H](OC(C)=O)C[C@H]1OC(=O)C=Cc1ccccc1. The Bertz CT molecular complexity index is 1820. The van der Waals surface area contributed by atoms with Gasteiger partial charge in [-0.05, 0) is 73.6 Å². The van der Waals surface area contributed by atoms with E-state index in [1.54, 1.807) is 64.1 Å². The Morgan fingerprint density at radius 2 is 1.40 bits per heavy atom. The van der Waals surface area contributed by atoms with Crippen molar-refractivity contribution in [3.63, 3.8) is 0 Å². The Morgan fingerprint density at radius 3 is 1.96 bits per heavy atom. The average Bonchev–Trinajstić information content (AvgIpc) is 3.32. The van der Waals surface area contributed by atoms with Crippen molar-refractivity contribution in [2.75, 3.05) is 0 Å². The largest absolute Gasteiger partial charge is 0.462 e. The van der Waals surface area contributed by atoms with Gasteiger partial charge in [0, 0.05) is 45.1 Å². The van der Waals surface area contributed by atoms with E-state index in [0.29, 0.717) is 16.7 Å². The summed E-state index contributed by atoms with van der Waals surface area (Å²) in [5.74, 6) is -4.06. The minimum Gasteiger partial charge on any atom is -0.462 e. The molecule has 3 aliphatic rings. The number of benzene rings is 2. The van der Waals surface area contributed by atoms with Crippen molar-refractivity contribution in [2.45, 2.75) is 104 Å². The van der Waals surface area contributed by atoms with Crippen LogP contribution >= 0.6 is 0 Å². The third kappa shape index (κ3) is 7.71. The fourth-order valence-electron chi connectivity index (χ4n) is 8.64. The summed E-state index contributed by atoms with van der Waals surface area (Å²) in [7, 11) is 0. The van der Waals surface area contributed by atoms with Gasteiger partial charge >= 0.3 is 29.8 Å². The molecule has 0 radical (unpaired) electrons. The normalized spacial score (nSPS) is 29.7. The highest BCUT2D eigenvalue weighted by Crippen LogP contribution is 2.65. The van der Waals surface area contributed by atoms with Gasteiger partial charge in [0.15, 0.2) is 12.2 Å². The second kappa shape index (κ2) is 15.1. The van der Waals surface area contributed by atoms with Gasteiger partial charge in [-0.25, -0.2) is 9.59 Å². The second-order valence-corrected chi connectivity index (χ2v) is 15.0. The molecule has 3 aliphatic carbocycles. The summed E-state index contributed by atoms with van der Waals surface area (Å²) in [5, 5.41) is 12.3. The molecule has 0 saturated heterocycles. The molecular weight excluding hydrogens is 680 g/mol. The molecule has 11 heteroatoms. The van der Waals surface area contributed by atoms with Crippen molar-refractivity contribution < 1.29 is 52.8 Å². The molecule has 2 saturated carbocycles. The average molecular weight is 729 g/mol. The molecule has 2 aromatic rings. The van der Waals surface area contributed by atoms with E-state index in [9.17, 15) is 29.1 Å². The Kier molecular flexibility index (Phi) is 11.2. The maximum absolute atomic E-state index is 14.0. The second-order valence-electron chi connectivity index (χ2n) is 15.0. The summed E-state index contributed by atoms with van der Waals surface area (Å²) in [6, 6.07) is 17.5. The number of hydrogen-bond donors (Lipinski definition) is 1. The van der Waals surface area contributed by atoms with Gasteiger partial charge in [-0.3, -0.25) is 14.4 Å². The van der Waals surface area contributed by atoms with Crippen molar-refractivity contribution in [1.82, 2.24) is 0 Å². The molecular formula is C42H48O11. The number of carbonyl (C=O) groups excluding carboxylic acids is 5. The molecule has 0 aliphatic heterocycles. The zero-order valence-electron chi connectivity index (χ0n) is 31.3. The zero-order valence-corrected chi connectivity index (χ0v) is 31.3. The van der Waals surface area contributed by atoms with Gasteiger partial charge in [-0.1, -0.05) is 62.0 Å². The molecule has 5 rings (SSSR count). The van der Waals surface area contributed by atoms with Crippen LogP contribution in [-0.2, 0) is 42.9 Å². The third-order valence-electron chi connectivity index (χ3n) is 11.2. The minimum absolute atomic E-state index is 0.0446. The van der Waals surface area contributed by atoms with Crippen LogP contribution in [0.5, 0.6) is 0 Å². The van der Waals surface area contributed by atoms with Gasteiger partial charge in [0.2, 0.25) is 0 Å². The quantitative estimate of drug-likeness (QED) is 0.138. The van der Waals surface area contributed by atoms with Gasteiger partial charge in [-0.15, -0.1) is 0 Å². The molecule has 0 spiro atoms. The Labute approximate surface area is 310 Å². The van der Waals surface area contributed by atoms with Crippen LogP contribution in [-0.4, -0.2) is 71.1 Å². The lowest BCUT2D eigenvalue weighted by Crippen LogP contribution is -2.60. The van der Waals surface area contributed by atoms with E-state index in [4.69, 9.17) is 23.7 Å². The molecule has 53 heavy (non-hydrogen) atoms. The maximum atomic E-state index is 14.0. The molecule has 0 unspecified atom stereocenters. The van der Waals surface area contributed by atoms with Crippen molar-refractivity contribution in [1.29, 1.82) is 0 Å². The van der Waals surface area contributed by atoms with Crippen LogP contribution in [0.2, 0.25) is 0 Å². The van der Waals surface area contributed by atoms with E-state index in [-0.39, 0.29) is 24.8 Å². The summed E-state index contributed by atoms with van der Waals surface area (Å²) >= 11 is 0. The lowest BCUT2D eigenvalue weighted by molar-refractivity contribution is -0.197. The summed E-state index contributed by atoms with van der Waals surface area (Å²) in [4.78, 5) is 65.6. The first kappa shape index (κ1) is 39.2. The molecule has 0 aromatic heterocycles. The predicted molar refractivity (Wildman–Crippen MR) is 194 cm³/mol. The number of rotatable bonds is 9. The minimum atomic E-state index is -1.57. The van der Waals surface area contributed by atoms with E-state index < -0.39 is 82.7 Å². The molecule has 0 bridgehead atoms. The molecule has 0 heterocycles. The number of esters is 5. The molecule has 1 N–H and O–H groups in total. The van der Waals surface area contributed by atoms with Gasteiger partial charge in [0.25, 0.3) is 0 Å². The summed E-state index contributed by atoms with van der Waals surface area (Å²) in [6.07, 6.45) is -2.48. The number of fused-ring (bicyclic) bond motifs is 2. The molecule has 282 valence electrons. The van der Waals surface area contributed by atoms with Crippen LogP contribution in [0.4, 0.5) is 0 Å². The van der Waals surface area contributed by atoms with Gasteiger partial charge in [-0.2, -0.15) is 0 Å². The number of hydrogen-bond acceptors (Lipinski definition) is 11. The van der Waals surface area contributed by atoms with Crippen LogP contribution < -0.4 is 0 Å². The van der Waals surface area contributed by atoms with Crippen molar-refractivity contribution in [3.8, 4) is 0 Å². The first-order chi connectivity index (χ1) is 24.9. The van der Waals surface area contributed by atoms with Crippen LogP contribution in [0.25, 0.3) is 6.08 Å². The van der Waals surface area contributed by atoms with E-state index in [0.717, 1.165) is 5.56 Å². The van der Waals surface area contributed by atoms with Gasteiger partial charge in [0.05, 0.1) is 16.6 Å². The van der Waals surface area contributed by atoms with Crippen LogP contribution in [0.15, 0.2) is 90.0 Å². The summed E-state index contributed by atoms with van der Waals surface area (Å²) in [5.41, 5.74) is -1.82. The highest BCUT2D eigenvalue weighted by molar-refractivity contribution is 5.90. The van der Waals surface area contributed by atoms with Crippen LogP contribution in [0.3, 0.4) is 0 Å². The standard InChI is InChI=1S/C42H48O11/c1-24-31-22-42(40(6,7)48)23-33(49-26(3)43)25(2)36(42)37(53-39(47)30-17-13-10-14-18-30)38(51-28(5)45)41(31,8)34(50-27(4)44)21-32(24)52-35(46)20-19-29-15-11-9-12-16-29/h9-20,31-34,37-38,48H,1,21-23H2,2-8H3/t31-,32-,33-,34-,37+,38-,41+,42+/m1/s1. The Hall–Kier alpha value is -5.03. The van der Waals surface area contributed by atoms with Crippen molar-refractivity contribution in [2.24, 2.45) is 16.7 Å². The first-order valence-corrected chi connectivity index (χ1v) is 17.7. The smallest absolute Gasteiger partial charge is 0.338 e. The fourth-order valence-corrected chi connectivity index (χ4v) is 8.64. The highest BCUT2D eigenvalue weighted by atomic mass is 16.6. The summed E-state index contributed by atoms with van der Waals surface area (Å²) < 4.78 is 30.4. The maximum Gasteiger partial charge on any atom is 0.338 e. The number of ether oxygens (including phenoxy) is 5. The molecule has 8 atom stereocenters. The Balaban J connectivity index is 1.72. The Morgan fingerprint density at radius 1 is 0.811 bits per heavy atom. The zero-order chi connectivity index (χ0) is 38.9. The molecule has 2 aromatic carbocycles. The van der Waals surface area contributed by atoms with E-state index in [1.807, 2.05) is 30.3 Å². The lowest BCUT2D eigenvalue weighted by atomic mass is 9.56. The van der Waals surface area contributed by atoms with Crippen molar-refractivity contribution in [3.05, 3.63) is 101 Å². The van der Waals surface area contributed by atoms with Gasteiger partial charge in [0.1, 0.15) is 18.3 Å². The van der Waals surface area contributed by atoms with Crippen LogP contribution in [0.1, 0.15) is 83.7 Å². The predicted octanol–water partition coefficient (Wildman–Crippen LogP) is 6.10. The molecule has 2 fully saturated rings. The van der Waals surface area contributed by atoms with Crippen molar-refractivity contribution >= 4 is 35.9 Å². The monoisotopic (exact) mass is 728 g/mol. The molecule has 0 amide bonds.